The smallest absolute Gasteiger partial charge is 0.104 e. The quantitative estimate of drug-likeness (QED) is 0.874. The Morgan fingerprint density at radius 2 is 1.90 bits per heavy atom. The zero-order chi connectivity index (χ0) is 15.1. The molecule has 21 heavy (non-hydrogen) atoms. The van der Waals surface area contributed by atoms with E-state index in [0.717, 1.165) is 35.6 Å². The largest absolute Gasteiger partial charge is 0.384 e. The van der Waals surface area contributed by atoms with Gasteiger partial charge in [-0.25, -0.2) is 0 Å². The number of rotatable bonds is 4. The molecule has 0 spiro atoms. The van der Waals surface area contributed by atoms with Gasteiger partial charge in [-0.2, -0.15) is 0 Å². The van der Waals surface area contributed by atoms with Crippen molar-refractivity contribution in [3.05, 3.63) is 65.0 Å². The van der Waals surface area contributed by atoms with Crippen LogP contribution in [0.25, 0.3) is 0 Å². The number of nitrogens with zero attached hydrogens (tertiary/aromatic N) is 2. The SMILES string of the molecule is Cc1cccc(CN(C)Cc2ccccc2C#CCO)n1. The predicted molar refractivity (Wildman–Crippen MR) is 84.6 cm³/mol. The van der Waals surface area contributed by atoms with Crippen LogP contribution in [0.1, 0.15) is 22.5 Å². The van der Waals surface area contributed by atoms with Crippen LogP contribution in [-0.4, -0.2) is 28.6 Å². The zero-order valence-electron chi connectivity index (χ0n) is 12.5. The second-order valence-corrected chi connectivity index (χ2v) is 5.06. The summed E-state index contributed by atoms with van der Waals surface area (Å²) in [6, 6.07) is 14.1. The fourth-order valence-electron chi connectivity index (χ4n) is 2.23. The van der Waals surface area contributed by atoms with Crippen LogP contribution in [0, 0.1) is 18.8 Å². The molecule has 0 fully saturated rings. The maximum atomic E-state index is 8.83. The van der Waals surface area contributed by atoms with Gasteiger partial charge in [0.2, 0.25) is 0 Å². The van der Waals surface area contributed by atoms with E-state index in [1.165, 1.54) is 0 Å². The Labute approximate surface area is 126 Å². The van der Waals surface area contributed by atoms with E-state index in [1.807, 2.05) is 43.3 Å². The van der Waals surface area contributed by atoms with Crippen molar-refractivity contribution in [1.29, 1.82) is 0 Å². The van der Waals surface area contributed by atoms with Crippen LogP contribution in [-0.2, 0) is 13.1 Å². The van der Waals surface area contributed by atoms with Gasteiger partial charge in [0.05, 0.1) is 5.69 Å². The van der Waals surface area contributed by atoms with Crippen LogP contribution in [0.2, 0.25) is 0 Å². The molecular weight excluding hydrogens is 260 g/mol. The number of aliphatic hydroxyl groups excluding tert-OH is 1. The molecule has 2 rings (SSSR count). The van der Waals surface area contributed by atoms with Crippen LogP contribution in [0.3, 0.4) is 0 Å². The average molecular weight is 280 g/mol. The number of hydrogen-bond donors (Lipinski definition) is 1. The molecule has 0 aliphatic heterocycles. The molecule has 1 heterocycles. The Morgan fingerprint density at radius 1 is 1.10 bits per heavy atom. The van der Waals surface area contributed by atoms with Gasteiger partial charge in [-0.1, -0.05) is 36.1 Å². The Kier molecular flexibility index (Phi) is 5.51. The first-order chi connectivity index (χ1) is 10.2. The molecule has 0 amide bonds. The van der Waals surface area contributed by atoms with Crippen molar-refractivity contribution in [2.45, 2.75) is 20.0 Å². The van der Waals surface area contributed by atoms with Crippen LogP contribution >= 0.6 is 0 Å². The molecule has 108 valence electrons. The van der Waals surface area contributed by atoms with E-state index in [4.69, 9.17) is 5.11 Å². The van der Waals surface area contributed by atoms with Crippen molar-refractivity contribution in [3.8, 4) is 11.8 Å². The van der Waals surface area contributed by atoms with E-state index in [2.05, 4.69) is 34.8 Å². The molecule has 2 aromatic rings. The Balaban J connectivity index is 2.07. The summed E-state index contributed by atoms with van der Waals surface area (Å²) in [5.41, 5.74) is 4.23. The summed E-state index contributed by atoms with van der Waals surface area (Å²) >= 11 is 0. The lowest BCUT2D eigenvalue weighted by Crippen LogP contribution is -2.18. The summed E-state index contributed by atoms with van der Waals surface area (Å²) in [4.78, 5) is 6.73. The van der Waals surface area contributed by atoms with Crippen LogP contribution in [0.5, 0.6) is 0 Å². The van der Waals surface area contributed by atoms with E-state index in [1.54, 1.807) is 0 Å². The molecule has 3 heteroatoms. The minimum atomic E-state index is -0.114. The summed E-state index contributed by atoms with van der Waals surface area (Å²) in [5, 5.41) is 8.83. The van der Waals surface area contributed by atoms with Gasteiger partial charge in [-0.3, -0.25) is 9.88 Å². The van der Waals surface area contributed by atoms with Gasteiger partial charge in [0.1, 0.15) is 6.61 Å². The Morgan fingerprint density at radius 3 is 2.67 bits per heavy atom. The summed E-state index contributed by atoms with van der Waals surface area (Å²) in [6.45, 7) is 3.48. The minimum absolute atomic E-state index is 0.114. The van der Waals surface area contributed by atoms with E-state index in [0.29, 0.717) is 0 Å². The molecule has 0 atom stereocenters. The van der Waals surface area contributed by atoms with Crippen LogP contribution < -0.4 is 0 Å². The molecule has 3 nitrogen and oxygen atoms in total. The average Bonchev–Trinajstić information content (AvgIpc) is 2.46. The highest BCUT2D eigenvalue weighted by molar-refractivity contribution is 5.41. The molecule has 1 N–H and O–H groups in total. The molecule has 0 aliphatic rings. The van der Waals surface area contributed by atoms with Crippen molar-refractivity contribution in [3.63, 3.8) is 0 Å². The predicted octanol–water partition coefficient (Wildman–Crippen LogP) is 2.37. The van der Waals surface area contributed by atoms with Gasteiger partial charge in [0, 0.05) is 24.3 Å². The Hall–Kier alpha value is -2.15. The van der Waals surface area contributed by atoms with Crippen molar-refractivity contribution >= 4 is 0 Å². The maximum absolute atomic E-state index is 8.83. The second kappa shape index (κ2) is 7.58. The second-order valence-electron chi connectivity index (χ2n) is 5.06. The van der Waals surface area contributed by atoms with E-state index < -0.39 is 0 Å². The van der Waals surface area contributed by atoms with Crippen molar-refractivity contribution in [1.82, 2.24) is 9.88 Å². The lowest BCUT2D eigenvalue weighted by atomic mass is 10.1. The standard InChI is InChI=1S/C18H20N2O/c1-15-7-5-11-18(19-15)14-20(2)13-17-9-4-3-8-16(17)10-6-12-21/h3-5,7-9,11,21H,12-14H2,1-2H3. The number of benzene rings is 1. The molecule has 0 aliphatic carbocycles. The van der Waals surface area contributed by atoms with Gasteiger partial charge < -0.3 is 5.11 Å². The van der Waals surface area contributed by atoms with Gasteiger partial charge in [-0.15, -0.1) is 0 Å². The number of aryl methyl sites for hydroxylation is 1. The first kappa shape index (κ1) is 15.2. The molecule has 0 bridgehead atoms. The molecule has 0 saturated heterocycles. The van der Waals surface area contributed by atoms with E-state index in [-0.39, 0.29) is 6.61 Å². The normalized spacial score (nSPS) is 10.3. The van der Waals surface area contributed by atoms with Gasteiger partial charge >= 0.3 is 0 Å². The van der Waals surface area contributed by atoms with Gasteiger partial charge in [0.15, 0.2) is 0 Å². The van der Waals surface area contributed by atoms with E-state index >= 15 is 0 Å². The number of hydrogen-bond acceptors (Lipinski definition) is 3. The number of aliphatic hydroxyl groups is 1. The van der Waals surface area contributed by atoms with Gasteiger partial charge in [-0.05, 0) is 37.7 Å². The maximum Gasteiger partial charge on any atom is 0.104 e. The highest BCUT2D eigenvalue weighted by atomic mass is 16.2. The molecule has 0 saturated carbocycles. The van der Waals surface area contributed by atoms with Gasteiger partial charge in [0.25, 0.3) is 0 Å². The lowest BCUT2D eigenvalue weighted by molar-refractivity contribution is 0.314. The first-order valence-electron chi connectivity index (χ1n) is 6.98. The third-order valence-electron chi connectivity index (χ3n) is 3.14. The van der Waals surface area contributed by atoms with Crippen molar-refractivity contribution < 1.29 is 5.11 Å². The lowest BCUT2D eigenvalue weighted by Gasteiger charge is -2.17. The summed E-state index contributed by atoms with van der Waals surface area (Å²) in [6.07, 6.45) is 0. The first-order valence-corrected chi connectivity index (χ1v) is 6.98. The molecule has 1 aromatic heterocycles. The van der Waals surface area contributed by atoms with Crippen LogP contribution in [0.15, 0.2) is 42.5 Å². The molecule has 0 unspecified atom stereocenters. The highest BCUT2D eigenvalue weighted by Crippen LogP contribution is 2.11. The highest BCUT2D eigenvalue weighted by Gasteiger charge is 2.05. The number of aromatic nitrogens is 1. The third-order valence-corrected chi connectivity index (χ3v) is 3.14. The van der Waals surface area contributed by atoms with Crippen molar-refractivity contribution in [2.24, 2.45) is 0 Å². The monoisotopic (exact) mass is 280 g/mol. The van der Waals surface area contributed by atoms with E-state index in [9.17, 15) is 0 Å². The Bertz CT molecular complexity index is 656. The fraction of sp³-hybridized carbons (Fsp3) is 0.278. The topological polar surface area (TPSA) is 36.4 Å². The molecule has 1 aromatic carbocycles. The summed E-state index contributed by atoms with van der Waals surface area (Å²) in [5.74, 6) is 5.71. The minimum Gasteiger partial charge on any atom is -0.384 e. The summed E-state index contributed by atoms with van der Waals surface area (Å²) < 4.78 is 0. The molecular formula is C18H20N2O. The fourth-order valence-corrected chi connectivity index (χ4v) is 2.23. The zero-order valence-corrected chi connectivity index (χ0v) is 12.5. The molecule has 0 radical (unpaired) electrons. The summed E-state index contributed by atoms with van der Waals surface area (Å²) in [7, 11) is 2.07. The third kappa shape index (κ3) is 4.71. The van der Waals surface area contributed by atoms with Crippen LogP contribution in [0.4, 0.5) is 0 Å². The number of pyridine rings is 1. The van der Waals surface area contributed by atoms with Crippen molar-refractivity contribution in [2.75, 3.05) is 13.7 Å².